The minimum atomic E-state index is -0.491. The number of carbonyl (C=O) groups is 1. The fraction of sp³-hybridized carbons (Fsp3) is 0.562. The normalized spacial score (nSPS) is 21.0. The zero-order valence-electron chi connectivity index (χ0n) is 13.5. The van der Waals surface area contributed by atoms with Gasteiger partial charge in [-0.15, -0.1) is 0 Å². The molecular weight excluding hydrogens is 301 g/mol. The molecule has 0 radical (unpaired) electrons. The molecule has 1 aromatic rings. The van der Waals surface area contributed by atoms with E-state index in [4.69, 9.17) is 9.57 Å². The van der Waals surface area contributed by atoms with Crippen LogP contribution in [0.25, 0.3) is 0 Å². The van der Waals surface area contributed by atoms with Gasteiger partial charge in [-0.3, -0.25) is 4.84 Å². The molecule has 3 rings (SSSR count). The van der Waals surface area contributed by atoms with E-state index in [1.165, 1.54) is 12.1 Å². The molecule has 0 aliphatic carbocycles. The van der Waals surface area contributed by atoms with Gasteiger partial charge in [-0.05, 0) is 31.2 Å². The molecule has 0 aromatic heterocycles. The Morgan fingerprint density at radius 2 is 1.96 bits per heavy atom. The molecule has 1 aromatic carbocycles. The van der Waals surface area contributed by atoms with Gasteiger partial charge in [-0.25, -0.2) is 9.18 Å². The van der Waals surface area contributed by atoms with Crippen LogP contribution in [0.1, 0.15) is 19.8 Å². The van der Waals surface area contributed by atoms with Crippen molar-refractivity contribution in [2.45, 2.75) is 25.5 Å². The molecule has 0 atom stereocenters. The Labute approximate surface area is 135 Å². The highest BCUT2D eigenvalue weighted by molar-refractivity contribution is 5.67. The molecule has 2 aliphatic rings. The topological polar surface area (TPSA) is 45.2 Å². The molecule has 0 saturated carbocycles. The summed E-state index contributed by atoms with van der Waals surface area (Å²) in [6, 6.07) is 6.43. The number of hydrogen-bond donors (Lipinski definition) is 0. The Hall–Kier alpha value is -1.86. The maximum atomic E-state index is 13.2. The van der Waals surface area contributed by atoms with E-state index in [1.54, 1.807) is 29.0 Å². The quantitative estimate of drug-likeness (QED) is 0.836. The van der Waals surface area contributed by atoms with E-state index >= 15 is 0 Å². The number of piperidine rings is 1. The average Bonchev–Trinajstić information content (AvgIpc) is 2.85. The van der Waals surface area contributed by atoms with Crippen molar-refractivity contribution in [2.75, 3.05) is 38.3 Å². The molecule has 0 N–H and O–H groups in total. The first kappa shape index (κ1) is 16.0. The van der Waals surface area contributed by atoms with Crippen molar-refractivity contribution in [3.05, 3.63) is 30.1 Å². The molecule has 23 heavy (non-hydrogen) atoms. The number of anilines is 1. The van der Waals surface area contributed by atoms with Crippen LogP contribution in [0, 0.1) is 5.82 Å². The molecule has 2 saturated heterocycles. The fourth-order valence-electron chi connectivity index (χ4n) is 3.25. The Morgan fingerprint density at radius 1 is 1.30 bits per heavy atom. The molecule has 2 aliphatic heterocycles. The number of amides is 1. The summed E-state index contributed by atoms with van der Waals surface area (Å²) in [6.45, 7) is 3.93. The van der Waals surface area contributed by atoms with E-state index in [0.717, 1.165) is 5.69 Å². The minimum Gasteiger partial charge on any atom is -0.450 e. The third kappa shape index (κ3) is 3.11. The highest BCUT2D eigenvalue weighted by Crippen LogP contribution is 2.39. The number of nitrogens with zero attached hydrogens (tertiary/aromatic N) is 3. The molecule has 7 heteroatoms. The number of hydrogen-bond acceptors (Lipinski definition) is 5. The second kappa shape index (κ2) is 6.33. The van der Waals surface area contributed by atoms with E-state index in [9.17, 15) is 9.18 Å². The number of likely N-dealkylation sites (tertiary alicyclic amines) is 1. The number of halogens is 1. The van der Waals surface area contributed by atoms with Gasteiger partial charge in [0.2, 0.25) is 0 Å². The Bertz CT molecular complexity index is 558. The summed E-state index contributed by atoms with van der Waals surface area (Å²) in [5.41, 5.74) is 0.426. The standard InChI is InChI=1S/C16H22FN3O3/c1-3-22-15(21)19-10-8-16(9-11-19)20(12-18(2)23-16)14-6-4-13(17)5-7-14/h4-7H,3,8-12H2,1-2H3. The van der Waals surface area contributed by atoms with Crippen LogP contribution in [-0.4, -0.2) is 55.2 Å². The summed E-state index contributed by atoms with van der Waals surface area (Å²) in [5.74, 6) is -0.256. The van der Waals surface area contributed by atoms with E-state index < -0.39 is 5.72 Å². The first-order chi connectivity index (χ1) is 11.0. The van der Waals surface area contributed by atoms with Gasteiger partial charge in [0.15, 0.2) is 5.72 Å². The van der Waals surface area contributed by atoms with Gasteiger partial charge in [0.1, 0.15) is 5.82 Å². The smallest absolute Gasteiger partial charge is 0.409 e. The van der Waals surface area contributed by atoms with Crippen LogP contribution >= 0.6 is 0 Å². The van der Waals surface area contributed by atoms with Gasteiger partial charge in [-0.1, -0.05) is 0 Å². The first-order valence-electron chi connectivity index (χ1n) is 7.89. The summed E-state index contributed by atoms with van der Waals surface area (Å²) >= 11 is 0. The van der Waals surface area contributed by atoms with Crippen molar-refractivity contribution in [3.63, 3.8) is 0 Å². The summed E-state index contributed by atoms with van der Waals surface area (Å²) in [7, 11) is 1.88. The number of rotatable bonds is 2. The third-order valence-electron chi connectivity index (χ3n) is 4.37. The molecule has 1 spiro atoms. The number of ether oxygens (including phenoxy) is 1. The highest BCUT2D eigenvalue weighted by Gasteiger charge is 2.48. The minimum absolute atomic E-state index is 0.256. The van der Waals surface area contributed by atoms with E-state index in [0.29, 0.717) is 39.2 Å². The molecule has 126 valence electrons. The molecule has 0 unspecified atom stereocenters. The van der Waals surface area contributed by atoms with Gasteiger partial charge in [0.25, 0.3) is 0 Å². The van der Waals surface area contributed by atoms with Crippen LogP contribution in [0.4, 0.5) is 14.9 Å². The summed E-state index contributed by atoms with van der Waals surface area (Å²) in [6.07, 6.45) is 1.07. The van der Waals surface area contributed by atoms with Crippen molar-refractivity contribution in [2.24, 2.45) is 0 Å². The lowest BCUT2D eigenvalue weighted by Crippen LogP contribution is -2.54. The van der Waals surface area contributed by atoms with Gasteiger partial charge >= 0.3 is 6.09 Å². The maximum Gasteiger partial charge on any atom is 0.409 e. The predicted molar refractivity (Wildman–Crippen MR) is 83.2 cm³/mol. The second-order valence-corrected chi connectivity index (χ2v) is 5.90. The van der Waals surface area contributed by atoms with Gasteiger partial charge < -0.3 is 14.5 Å². The number of hydroxylamine groups is 2. The maximum absolute atomic E-state index is 13.2. The summed E-state index contributed by atoms with van der Waals surface area (Å²) in [5, 5.41) is 1.78. The molecule has 1 amide bonds. The van der Waals surface area contributed by atoms with Crippen LogP contribution in [0.2, 0.25) is 0 Å². The van der Waals surface area contributed by atoms with Crippen molar-refractivity contribution in [3.8, 4) is 0 Å². The molecular formula is C16H22FN3O3. The van der Waals surface area contributed by atoms with Crippen LogP contribution < -0.4 is 4.90 Å². The third-order valence-corrected chi connectivity index (χ3v) is 4.37. The lowest BCUT2D eigenvalue weighted by molar-refractivity contribution is -0.191. The predicted octanol–water partition coefficient (Wildman–Crippen LogP) is 2.42. The summed E-state index contributed by atoms with van der Waals surface area (Å²) < 4.78 is 18.2. The lowest BCUT2D eigenvalue weighted by atomic mass is 9.98. The lowest BCUT2D eigenvalue weighted by Gasteiger charge is -2.42. The van der Waals surface area contributed by atoms with Crippen LogP contribution in [0.15, 0.2) is 24.3 Å². The van der Waals surface area contributed by atoms with Gasteiger partial charge in [-0.2, -0.15) is 5.06 Å². The Kier molecular flexibility index (Phi) is 4.41. The van der Waals surface area contributed by atoms with Gasteiger partial charge in [0, 0.05) is 38.7 Å². The molecule has 0 bridgehead atoms. The zero-order chi connectivity index (χ0) is 16.4. The van der Waals surface area contributed by atoms with E-state index in [-0.39, 0.29) is 11.9 Å². The van der Waals surface area contributed by atoms with E-state index in [2.05, 4.69) is 4.90 Å². The Morgan fingerprint density at radius 3 is 2.57 bits per heavy atom. The van der Waals surface area contributed by atoms with Crippen molar-refractivity contribution in [1.82, 2.24) is 9.96 Å². The molecule has 2 heterocycles. The largest absolute Gasteiger partial charge is 0.450 e. The fourth-order valence-corrected chi connectivity index (χ4v) is 3.25. The first-order valence-corrected chi connectivity index (χ1v) is 7.89. The highest BCUT2D eigenvalue weighted by atomic mass is 19.1. The van der Waals surface area contributed by atoms with E-state index in [1.807, 2.05) is 7.05 Å². The monoisotopic (exact) mass is 323 g/mol. The average molecular weight is 323 g/mol. The molecule has 2 fully saturated rings. The molecule has 6 nitrogen and oxygen atoms in total. The van der Waals surface area contributed by atoms with Crippen LogP contribution in [0.5, 0.6) is 0 Å². The Balaban J connectivity index is 1.75. The van der Waals surface area contributed by atoms with Crippen molar-refractivity contribution < 1.29 is 18.8 Å². The van der Waals surface area contributed by atoms with Crippen molar-refractivity contribution >= 4 is 11.8 Å². The van der Waals surface area contributed by atoms with Crippen molar-refractivity contribution in [1.29, 1.82) is 0 Å². The van der Waals surface area contributed by atoms with Crippen LogP contribution in [-0.2, 0) is 9.57 Å². The second-order valence-electron chi connectivity index (χ2n) is 5.90. The SMILES string of the molecule is CCOC(=O)N1CCC2(CC1)ON(C)CN2c1ccc(F)cc1. The number of carbonyl (C=O) groups excluding carboxylic acids is 1. The van der Waals surface area contributed by atoms with Gasteiger partial charge in [0.05, 0.1) is 13.3 Å². The number of benzene rings is 1. The zero-order valence-corrected chi connectivity index (χ0v) is 13.5. The summed E-state index contributed by atoms with van der Waals surface area (Å²) in [4.78, 5) is 21.8. The van der Waals surface area contributed by atoms with Crippen LogP contribution in [0.3, 0.4) is 0 Å².